The minimum absolute atomic E-state index is 0.286. The first-order chi connectivity index (χ1) is 11.2. The second-order valence-corrected chi connectivity index (χ2v) is 4.89. The molecule has 7 heteroatoms. The monoisotopic (exact) mass is 311 g/mol. The minimum Gasteiger partial charge on any atom is -0.481 e. The number of imidazole rings is 1. The molecule has 0 unspecified atom stereocenters. The van der Waals surface area contributed by atoms with E-state index in [-0.39, 0.29) is 6.03 Å². The maximum atomic E-state index is 11.5. The topological polar surface area (TPSA) is 91.9 Å². The zero-order valence-corrected chi connectivity index (χ0v) is 12.9. The summed E-state index contributed by atoms with van der Waals surface area (Å²) in [5.74, 6) is 0.987. The standard InChI is InChI=1S/C16H17N5O2/c1-3-17-16(22)21-15-19-12-6-4-10(8-13(12)20-15)11-5-7-14(23-2)18-9-11/h4-9H,3H2,1-2H3,(H3,17,19,20,21,22). The van der Waals surface area contributed by atoms with Crippen molar-refractivity contribution in [1.29, 1.82) is 0 Å². The summed E-state index contributed by atoms with van der Waals surface area (Å²) in [4.78, 5) is 23.2. The van der Waals surface area contributed by atoms with E-state index < -0.39 is 0 Å². The minimum atomic E-state index is -0.286. The molecule has 0 radical (unpaired) electrons. The number of pyridine rings is 1. The highest BCUT2D eigenvalue weighted by Crippen LogP contribution is 2.24. The van der Waals surface area contributed by atoms with Gasteiger partial charge in [0, 0.05) is 24.4 Å². The second kappa shape index (κ2) is 6.35. The third-order valence-corrected chi connectivity index (χ3v) is 3.33. The Balaban J connectivity index is 1.87. The van der Waals surface area contributed by atoms with Crippen molar-refractivity contribution in [3.63, 3.8) is 0 Å². The molecule has 0 aliphatic rings. The Morgan fingerprint density at radius 3 is 2.78 bits per heavy atom. The number of carbonyl (C=O) groups excluding carboxylic acids is 1. The molecule has 2 aromatic heterocycles. The number of anilines is 1. The number of urea groups is 1. The number of hydrogen-bond donors (Lipinski definition) is 3. The van der Waals surface area contributed by atoms with E-state index in [1.54, 1.807) is 13.3 Å². The summed E-state index contributed by atoms with van der Waals surface area (Å²) >= 11 is 0. The van der Waals surface area contributed by atoms with E-state index in [0.717, 1.165) is 22.2 Å². The number of carbonyl (C=O) groups is 1. The fourth-order valence-electron chi connectivity index (χ4n) is 2.23. The third-order valence-electron chi connectivity index (χ3n) is 3.33. The summed E-state index contributed by atoms with van der Waals surface area (Å²) < 4.78 is 5.06. The third kappa shape index (κ3) is 3.23. The number of nitrogens with zero attached hydrogens (tertiary/aromatic N) is 2. The molecule has 0 aliphatic heterocycles. The molecule has 7 nitrogen and oxygen atoms in total. The largest absolute Gasteiger partial charge is 0.481 e. The summed E-state index contributed by atoms with van der Waals surface area (Å²) in [5, 5.41) is 5.32. The normalized spacial score (nSPS) is 10.5. The van der Waals surface area contributed by atoms with Crippen LogP contribution in [-0.4, -0.2) is 34.6 Å². The van der Waals surface area contributed by atoms with Crippen LogP contribution in [0.25, 0.3) is 22.2 Å². The lowest BCUT2D eigenvalue weighted by Gasteiger charge is -2.02. The maximum Gasteiger partial charge on any atom is 0.321 e. The number of H-pyrrole nitrogens is 1. The van der Waals surface area contributed by atoms with Gasteiger partial charge in [-0.3, -0.25) is 5.32 Å². The number of ether oxygens (including phenoxy) is 1. The van der Waals surface area contributed by atoms with Crippen molar-refractivity contribution in [2.45, 2.75) is 6.92 Å². The van der Waals surface area contributed by atoms with Crippen LogP contribution in [0.3, 0.4) is 0 Å². The van der Waals surface area contributed by atoms with Crippen molar-refractivity contribution in [1.82, 2.24) is 20.3 Å². The zero-order chi connectivity index (χ0) is 16.2. The lowest BCUT2D eigenvalue weighted by atomic mass is 10.1. The predicted molar refractivity (Wildman–Crippen MR) is 88.6 cm³/mol. The van der Waals surface area contributed by atoms with Crippen molar-refractivity contribution in [2.24, 2.45) is 0 Å². The van der Waals surface area contributed by atoms with E-state index in [2.05, 4.69) is 25.6 Å². The van der Waals surface area contributed by atoms with Crippen molar-refractivity contribution in [3.8, 4) is 17.0 Å². The van der Waals surface area contributed by atoms with Gasteiger partial charge in [-0.2, -0.15) is 0 Å². The number of fused-ring (bicyclic) bond motifs is 1. The van der Waals surface area contributed by atoms with Crippen LogP contribution in [0.4, 0.5) is 10.7 Å². The van der Waals surface area contributed by atoms with Gasteiger partial charge in [-0.15, -0.1) is 0 Å². The number of benzene rings is 1. The summed E-state index contributed by atoms with van der Waals surface area (Å²) in [6.07, 6.45) is 1.75. The van der Waals surface area contributed by atoms with Crippen LogP contribution in [0.5, 0.6) is 5.88 Å². The fraction of sp³-hybridized carbons (Fsp3) is 0.188. The molecule has 2 heterocycles. The maximum absolute atomic E-state index is 11.5. The molecular weight excluding hydrogens is 294 g/mol. The summed E-state index contributed by atoms with van der Waals surface area (Å²) in [5.41, 5.74) is 3.59. The molecule has 3 rings (SSSR count). The molecule has 0 saturated carbocycles. The van der Waals surface area contributed by atoms with Gasteiger partial charge < -0.3 is 15.0 Å². The van der Waals surface area contributed by atoms with E-state index >= 15 is 0 Å². The van der Waals surface area contributed by atoms with Gasteiger partial charge in [0.15, 0.2) is 0 Å². The smallest absolute Gasteiger partial charge is 0.321 e. The predicted octanol–water partition coefficient (Wildman–Crippen LogP) is 2.77. The average Bonchev–Trinajstić information content (AvgIpc) is 2.96. The van der Waals surface area contributed by atoms with Crippen LogP contribution >= 0.6 is 0 Å². The molecule has 0 aliphatic carbocycles. The van der Waals surface area contributed by atoms with Gasteiger partial charge >= 0.3 is 6.03 Å². The highest BCUT2D eigenvalue weighted by Gasteiger charge is 2.07. The Labute approximate surface area is 133 Å². The van der Waals surface area contributed by atoms with Crippen molar-refractivity contribution in [2.75, 3.05) is 19.0 Å². The van der Waals surface area contributed by atoms with Gasteiger partial charge in [-0.1, -0.05) is 6.07 Å². The van der Waals surface area contributed by atoms with Crippen LogP contribution in [0, 0.1) is 0 Å². The molecule has 0 saturated heterocycles. The number of nitrogens with one attached hydrogen (secondary N) is 3. The summed E-state index contributed by atoms with van der Waals surface area (Å²) in [6.45, 7) is 2.41. The Kier molecular flexibility index (Phi) is 4.09. The van der Waals surface area contributed by atoms with Crippen molar-refractivity contribution >= 4 is 23.0 Å². The number of amides is 2. The van der Waals surface area contributed by atoms with E-state index in [9.17, 15) is 4.79 Å². The fourth-order valence-corrected chi connectivity index (χ4v) is 2.23. The first-order valence-electron chi connectivity index (χ1n) is 7.24. The van der Waals surface area contributed by atoms with Gasteiger partial charge in [0.1, 0.15) is 0 Å². The number of methoxy groups -OCH3 is 1. The molecule has 23 heavy (non-hydrogen) atoms. The molecule has 1 aromatic carbocycles. The molecule has 0 spiro atoms. The van der Waals surface area contributed by atoms with Crippen LogP contribution in [-0.2, 0) is 0 Å². The first-order valence-corrected chi connectivity index (χ1v) is 7.24. The molecule has 0 fully saturated rings. The Hall–Kier alpha value is -3.09. The van der Waals surface area contributed by atoms with E-state index in [4.69, 9.17) is 4.74 Å². The highest BCUT2D eigenvalue weighted by molar-refractivity contribution is 5.90. The summed E-state index contributed by atoms with van der Waals surface area (Å²) in [7, 11) is 1.59. The van der Waals surface area contributed by atoms with Crippen molar-refractivity contribution in [3.05, 3.63) is 36.5 Å². The number of hydrogen-bond acceptors (Lipinski definition) is 4. The lowest BCUT2D eigenvalue weighted by Crippen LogP contribution is -2.28. The van der Waals surface area contributed by atoms with Crippen LogP contribution in [0.1, 0.15) is 6.92 Å². The van der Waals surface area contributed by atoms with E-state index in [1.165, 1.54) is 0 Å². The lowest BCUT2D eigenvalue weighted by molar-refractivity contribution is 0.252. The van der Waals surface area contributed by atoms with Gasteiger partial charge in [0.05, 0.1) is 18.1 Å². The van der Waals surface area contributed by atoms with E-state index in [0.29, 0.717) is 18.4 Å². The van der Waals surface area contributed by atoms with Crippen LogP contribution in [0.2, 0.25) is 0 Å². The molecule has 3 aromatic rings. The Bertz CT molecular complexity index is 826. The molecule has 0 bridgehead atoms. The Morgan fingerprint density at radius 2 is 2.09 bits per heavy atom. The quantitative estimate of drug-likeness (QED) is 0.691. The van der Waals surface area contributed by atoms with Crippen molar-refractivity contribution < 1.29 is 9.53 Å². The van der Waals surface area contributed by atoms with E-state index in [1.807, 2.05) is 37.3 Å². The van der Waals surface area contributed by atoms with Crippen LogP contribution in [0.15, 0.2) is 36.5 Å². The number of rotatable bonds is 4. The van der Waals surface area contributed by atoms with Gasteiger partial charge in [-0.05, 0) is 30.7 Å². The second-order valence-electron chi connectivity index (χ2n) is 4.89. The highest BCUT2D eigenvalue weighted by atomic mass is 16.5. The summed E-state index contributed by atoms with van der Waals surface area (Å²) in [6, 6.07) is 9.29. The SMILES string of the molecule is CCNC(=O)Nc1nc2ccc(-c3ccc(OC)nc3)cc2[nH]1. The molecule has 0 atom stereocenters. The van der Waals surface area contributed by atoms with Gasteiger partial charge in [-0.25, -0.2) is 14.8 Å². The van der Waals surface area contributed by atoms with Gasteiger partial charge in [0.25, 0.3) is 0 Å². The average molecular weight is 311 g/mol. The first kappa shape index (κ1) is 14.8. The van der Waals surface area contributed by atoms with Gasteiger partial charge in [0.2, 0.25) is 11.8 Å². The molecule has 118 valence electrons. The molecular formula is C16H17N5O2. The number of aromatic amines is 1. The number of aromatic nitrogens is 3. The molecule has 2 amide bonds. The molecule has 3 N–H and O–H groups in total. The Morgan fingerprint density at radius 1 is 1.26 bits per heavy atom. The van der Waals surface area contributed by atoms with Crippen LogP contribution < -0.4 is 15.4 Å². The zero-order valence-electron chi connectivity index (χ0n) is 12.9.